The number of para-hydroxylation sites is 1. The Kier molecular flexibility index (Phi) is 3.82. The Morgan fingerprint density at radius 3 is 2.81 bits per heavy atom. The summed E-state index contributed by atoms with van der Waals surface area (Å²) in [6.45, 7) is 4.45. The number of carbonyl (C=O) groups is 1. The van der Waals surface area contributed by atoms with Gasteiger partial charge in [-0.05, 0) is 37.8 Å². The number of imidazole rings is 1. The van der Waals surface area contributed by atoms with E-state index in [4.69, 9.17) is 5.73 Å². The van der Waals surface area contributed by atoms with Gasteiger partial charge in [0.25, 0.3) is 0 Å². The lowest BCUT2D eigenvalue weighted by Crippen LogP contribution is -2.36. The number of piperidine rings is 1. The highest BCUT2D eigenvalue weighted by atomic mass is 16.2. The number of aromatic nitrogens is 2. The number of benzene rings is 1. The molecule has 1 amide bonds. The van der Waals surface area contributed by atoms with Gasteiger partial charge < -0.3 is 15.2 Å². The van der Waals surface area contributed by atoms with Crippen molar-refractivity contribution in [2.45, 2.75) is 39.2 Å². The summed E-state index contributed by atoms with van der Waals surface area (Å²) in [5, 5.41) is 0. The van der Waals surface area contributed by atoms with E-state index in [0.717, 1.165) is 42.5 Å². The molecule has 0 bridgehead atoms. The molecular weight excluding hydrogens is 264 g/mol. The maximum absolute atomic E-state index is 12.3. The molecule has 2 aromatic rings. The van der Waals surface area contributed by atoms with Gasteiger partial charge in [-0.15, -0.1) is 0 Å². The lowest BCUT2D eigenvalue weighted by atomic mass is 10.1. The third kappa shape index (κ3) is 2.73. The molecule has 0 unspecified atom stereocenters. The van der Waals surface area contributed by atoms with Crippen LogP contribution in [0.1, 0.15) is 31.2 Å². The van der Waals surface area contributed by atoms with Crippen LogP contribution in [0.2, 0.25) is 0 Å². The summed E-state index contributed by atoms with van der Waals surface area (Å²) >= 11 is 0. The number of hydrogen-bond donors (Lipinski definition) is 1. The van der Waals surface area contributed by atoms with Gasteiger partial charge in [-0.1, -0.05) is 12.1 Å². The van der Waals surface area contributed by atoms with Crippen LogP contribution in [-0.2, 0) is 11.3 Å². The maximum atomic E-state index is 12.3. The number of amides is 1. The van der Waals surface area contributed by atoms with E-state index < -0.39 is 0 Å². The summed E-state index contributed by atoms with van der Waals surface area (Å²) in [4.78, 5) is 18.6. The molecule has 5 heteroatoms. The molecule has 1 aliphatic heterocycles. The predicted molar refractivity (Wildman–Crippen MR) is 83.9 cm³/mol. The third-order valence-electron chi connectivity index (χ3n) is 4.26. The van der Waals surface area contributed by atoms with Crippen LogP contribution in [0.3, 0.4) is 0 Å². The first-order valence-electron chi connectivity index (χ1n) is 7.66. The fourth-order valence-corrected chi connectivity index (χ4v) is 3.12. The summed E-state index contributed by atoms with van der Waals surface area (Å²) in [5.41, 5.74) is 9.10. The first-order valence-corrected chi connectivity index (χ1v) is 7.66. The Hall–Kier alpha value is -2.04. The normalized spacial score (nSPS) is 15.6. The van der Waals surface area contributed by atoms with Crippen molar-refractivity contribution in [3.8, 4) is 0 Å². The van der Waals surface area contributed by atoms with Crippen LogP contribution in [0, 0.1) is 6.92 Å². The molecule has 1 aromatic carbocycles. The zero-order chi connectivity index (χ0) is 14.8. The van der Waals surface area contributed by atoms with Gasteiger partial charge in [-0.25, -0.2) is 4.98 Å². The lowest BCUT2D eigenvalue weighted by molar-refractivity contribution is -0.132. The summed E-state index contributed by atoms with van der Waals surface area (Å²) in [6.07, 6.45) is 3.98. The second-order valence-electron chi connectivity index (χ2n) is 5.76. The Morgan fingerprint density at radius 1 is 1.29 bits per heavy atom. The molecule has 21 heavy (non-hydrogen) atoms. The summed E-state index contributed by atoms with van der Waals surface area (Å²) in [5.74, 6) is 0.718. The second-order valence-corrected chi connectivity index (χ2v) is 5.76. The second kappa shape index (κ2) is 5.76. The number of carbonyl (C=O) groups excluding carboxylic acids is 1. The van der Waals surface area contributed by atoms with Gasteiger partial charge >= 0.3 is 0 Å². The highest BCUT2D eigenvalue weighted by molar-refractivity contribution is 5.82. The number of nitrogens with zero attached hydrogens (tertiary/aromatic N) is 3. The van der Waals surface area contributed by atoms with E-state index in [1.807, 2.05) is 34.6 Å². The molecule has 1 aromatic heterocycles. The number of nitrogen functional groups attached to an aromatic ring is 1. The van der Waals surface area contributed by atoms with Crippen molar-refractivity contribution in [3.63, 3.8) is 0 Å². The molecule has 3 rings (SSSR count). The van der Waals surface area contributed by atoms with Crippen molar-refractivity contribution in [1.82, 2.24) is 14.5 Å². The van der Waals surface area contributed by atoms with Crippen molar-refractivity contribution in [1.29, 1.82) is 0 Å². The molecule has 1 saturated heterocycles. The first kappa shape index (κ1) is 13.9. The van der Waals surface area contributed by atoms with Gasteiger partial charge in [0.15, 0.2) is 0 Å². The van der Waals surface area contributed by atoms with Crippen molar-refractivity contribution in [3.05, 3.63) is 23.8 Å². The Bertz CT molecular complexity index is 656. The van der Waals surface area contributed by atoms with Crippen LogP contribution in [0.25, 0.3) is 11.0 Å². The molecule has 0 saturated carbocycles. The number of hydrogen-bond acceptors (Lipinski definition) is 3. The van der Waals surface area contributed by atoms with Crippen LogP contribution >= 0.6 is 0 Å². The van der Waals surface area contributed by atoms with E-state index in [2.05, 4.69) is 4.98 Å². The highest BCUT2D eigenvalue weighted by Crippen LogP contribution is 2.22. The quantitative estimate of drug-likeness (QED) is 0.942. The molecule has 2 heterocycles. The SMILES string of the molecule is Cc1cccc2nc(N)n(CCC(=O)N3CCCCC3)c12. The number of likely N-dealkylation sites (tertiary alicyclic amines) is 1. The minimum Gasteiger partial charge on any atom is -0.369 e. The number of aryl methyl sites for hydroxylation is 2. The van der Waals surface area contributed by atoms with Gasteiger partial charge in [0.2, 0.25) is 11.9 Å². The van der Waals surface area contributed by atoms with Crippen molar-refractivity contribution in [2.24, 2.45) is 0 Å². The average molecular weight is 286 g/mol. The van der Waals surface area contributed by atoms with Gasteiger partial charge in [0, 0.05) is 26.1 Å². The van der Waals surface area contributed by atoms with E-state index in [0.29, 0.717) is 18.9 Å². The van der Waals surface area contributed by atoms with E-state index in [1.54, 1.807) is 0 Å². The smallest absolute Gasteiger partial charge is 0.224 e. The monoisotopic (exact) mass is 286 g/mol. The van der Waals surface area contributed by atoms with Crippen molar-refractivity contribution < 1.29 is 4.79 Å². The molecule has 0 spiro atoms. The van der Waals surface area contributed by atoms with E-state index >= 15 is 0 Å². The lowest BCUT2D eigenvalue weighted by Gasteiger charge is -2.26. The Balaban J connectivity index is 1.76. The highest BCUT2D eigenvalue weighted by Gasteiger charge is 2.17. The third-order valence-corrected chi connectivity index (χ3v) is 4.26. The van der Waals surface area contributed by atoms with Crippen molar-refractivity contribution >= 4 is 22.9 Å². The predicted octanol–water partition coefficient (Wildman–Crippen LogP) is 2.33. The minimum absolute atomic E-state index is 0.226. The van der Waals surface area contributed by atoms with Crippen LogP contribution in [0.4, 0.5) is 5.95 Å². The summed E-state index contributed by atoms with van der Waals surface area (Å²) in [7, 11) is 0. The average Bonchev–Trinajstić information content (AvgIpc) is 2.82. The molecule has 112 valence electrons. The molecule has 5 nitrogen and oxygen atoms in total. The van der Waals surface area contributed by atoms with E-state index in [1.165, 1.54) is 6.42 Å². The zero-order valence-electron chi connectivity index (χ0n) is 12.5. The topological polar surface area (TPSA) is 64.1 Å². The van der Waals surface area contributed by atoms with Gasteiger partial charge in [0.1, 0.15) is 0 Å². The van der Waals surface area contributed by atoms with Crippen molar-refractivity contribution in [2.75, 3.05) is 18.8 Å². The molecule has 1 fully saturated rings. The maximum Gasteiger partial charge on any atom is 0.224 e. The largest absolute Gasteiger partial charge is 0.369 e. The molecular formula is C16H22N4O. The minimum atomic E-state index is 0.226. The van der Waals surface area contributed by atoms with Gasteiger partial charge in [0.05, 0.1) is 11.0 Å². The van der Waals surface area contributed by atoms with Crippen LogP contribution in [0.5, 0.6) is 0 Å². The van der Waals surface area contributed by atoms with E-state index in [-0.39, 0.29) is 5.91 Å². The number of fused-ring (bicyclic) bond motifs is 1. The molecule has 2 N–H and O–H groups in total. The van der Waals surface area contributed by atoms with Crippen LogP contribution in [-0.4, -0.2) is 33.4 Å². The Morgan fingerprint density at radius 2 is 2.05 bits per heavy atom. The van der Waals surface area contributed by atoms with E-state index in [9.17, 15) is 4.79 Å². The van der Waals surface area contributed by atoms with Gasteiger partial charge in [-0.2, -0.15) is 0 Å². The van der Waals surface area contributed by atoms with Crippen LogP contribution in [0.15, 0.2) is 18.2 Å². The summed E-state index contributed by atoms with van der Waals surface area (Å²) < 4.78 is 1.96. The number of nitrogens with two attached hydrogens (primary N) is 1. The molecule has 0 aliphatic carbocycles. The number of rotatable bonds is 3. The summed E-state index contributed by atoms with van der Waals surface area (Å²) in [6, 6.07) is 5.99. The first-order chi connectivity index (χ1) is 10.2. The fraction of sp³-hybridized carbons (Fsp3) is 0.500. The molecule has 0 atom stereocenters. The Labute approximate surface area is 124 Å². The zero-order valence-corrected chi connectivity index (χ0v) is 12.5. The molecule has 1 aliphatic rings. The standard InChI is InChI=1S/C16H22N4O/c1-12-6-5-7-13-15(12)20(16(17)18-13)11-8-14(21)19-9-3-2-4-10-19/h5-7H,2-4,8-11H2,1H3,(H2,17,18). The molecule has 0 radical (unpaired) electrons. The van der Waals surface area contributed by atoms with Crippen LogP contribution < -0.4 is 5.73 Å². The van der Waals surface area contributed by atoms with Gasteiger partial charge in [-0.3, -0.25) is 4.79 Å². The fourth-order valence-electron chi connectivity index (χ4n) is 3.12. The number of anilines is 1.